The van der Waals surface area contributed by atoms with Gasteiger partial charge in [0.25, 0.3) is 0 Å². The van der Waals surface area contributed by atoms with Crippen molar-refractivity contribution in [1.82, 2.24) is 5.32 Å². The van der Waals surface area contributed by atoms with Crippen molar-refractivity contribution in [1.29, 1.82) is 0 Å². The fourth-order valence-electron chi connectivity index (χ4n) is 1.43. The van der Waals surface area contributed by atoms with E-state index in [1.165, 1.54) is 17.7 Å². The minimum absolute atomic E-state index is 0.601. The maximum absolute atomic E-state index is 3.50. The standard InChI is InChI=1S/C9H12NS/c1-2-6-10-8(4-1)9-5-3-7-11-9/h1,3,5,7-8,10H,2,4,6H2. The molecular weight excluding hydrogens is 154 g/mol. The third-order valence-electron chi connectivity index (χ3n) is 2.03. The van der Waals surface area contributed by atoms with Crippen LogP contribution in [0.3, 0.4) is 0 Å². The summed E-state index contributed by atoms with van der Waals surface area (Å²) < 4.78 is 0. The molecule has 0 aliphatic carbocycles. The zero-order valence-electron chi connectivity index (χ0n) is 6.42. The van der Waals surface area contributed by atoms with Crippen molar-refractivity contribution in [3.8, 4) is 0 Å². The minimum Gasteiger partial charge on any atom is -0.309 e. The summed E-state index contributed by atoms with van der Waals surface area (Å²) in [4.78, 5) is 1.47. The molecule has 1 unspecified atom stereocenters. The summed E-state index contributed by atoms with van der Waals surface area (Å²) in [6.07, 6.45) is 4.79. The lowest BCUT2D eigenvalue weighted by atomic mass is 10.0. The van der Waals surface area contributed by atoms with Crippen LogP contribution in [0.25, 0.3) is 0 Å². The monoisotopic (exact) mass is 166 g/mol. The van der Waals surface area contributed by atoms with E-state index in [9.17, 15) is 0 Å². The van der Waals surface area contributed by atoms with Crippen molar-refractivity contribution in [2.45, 2.75) is 18.9 Å². The van der Waals surface area contributed by atoms with Gasteiger partial charge in [0.2, 0.25) is 0 Å². The van der Waals surface area contributed by atoms with Gasteiger partial charge >= 0.3 is 0 Å². The van der Waals surface area contributed by atoms with E-state index < -0.39 is 0 Å². The lowest BCUT2D eigenvalue weighted by Crippen LogP contribution is -2.26. The Hall–Kier alpha value is -0.340. The summed E-state index contributed by atoms with van der Waals surface area (Å²) in [7, 11) is 0. The molecule has 1 aliphatic heterocycles. The third-order valence-corrected chi connectivity index (χ3v) is 3.01. The SMILES string of the molecule is [CH]1CCNC(c2cccs2)C1. The summed E-state index contributed by atoms with van der Waals surface area (Å²) >= 11 is 1.85. The number of hydrogen-bond donors (Lipinski definition) is 1. The second kappa shape index (κ2) is 3.37. The van der Waals surface area contributed by atoms with E-state index >= 15 is 0 Å². The van der Waals surface area contributed by atoms with Crippen LogP contribution in [0.2, 0.25) is 0 Å². The maximum Gasteiger partial charge on any atom is 0.0417 e. The van der Waals surface area contributed by atoms with Crippen LogP contribution in [0.4, 0.5) is 0 Å². The predicted molar refractivity (Wildman–Crippen MR) is 48.6 cm³/mol. The molecule has 1 aromatic rings. The van der Waals surface area contributed by atoms with Crippen LogP contribution in [0, 0.1) is 6.42 Å². The maximum atomic E-state index is 3.50. The molecule has 0 saturated carbocycles. The molecule has 2 rings (SSSR count). The normalized spacial score (nSPS) is 25.3. The summed E-state index contributed by atoms with van der Waals surface area (Å²) in [6, 6.07) is 4.93. The first-order valence-corrected chi connectivity index (χ1v) is 4.93. The van der Waals surface area contributed by atoms with Gasteiger partial charge in [0, 0.05) is 10.9 Å². The summed E-state index contributed by atoms with van der Waals surface area (Å²) in [5, 5.41) is 5.65. The molecule has 1 radical (unpaired) electrons. The van der Waals surface area contributed by atoms with Crippen molar-refractivity contribution in [3.05, 3.63) is 28.8 Å². The number of thiophene rings is 1. The Morgan fingerprint density at radius 3 is 3.18 bits per heavy atom. The molecule has 1 aromatic heterocycles. The second-order valence-corrected chi connectivity index (χ2v) is 3.81. The second-order valence-electron chi connectivity index (χ2n) is 2.84. The van der Waals surface area contributed by atoms with Gasteiger partial charge in [0.05, 0.1) is 0 Å². The van der Waals surface area contributed by atoms with Crippen LogP contribution in [0.1, 0.15) is 23.8 Å². The molecule has 2 heteroatoms. The van der Waals surface area contributed by atoms with Gasteiger partial charge in [-0.25, -0.2) is 0 Å². The Kier molecular flexibility index (Phi) is 2.24. The largest absolute Gasteiger partial charge is 0.309 e. The molecule has 11 heavy (non-hydrogen) atoms. The Bertz CT molecular complexity index is 199. The van der Waals surface area contributed by atoms with Crippen molar-refractivity contribution in [2.24, 2.45) is 0 Å². The summed E-state index contributed by atoms with van der Waals surface area (Å²) in [5.74, 6) is 0. The Morgan fingerprint density at radius 2 is 2.55 bits per heavy atom. The molecule has 1 saturated heterocycles. The molecule has 2 heterocycles. The quantitative estimate of drug-likeness (QED) is 0.675. The van der Waals surface area contributed by atoms with Crippen molar-refractivity contribution in [2.75, 3.05) is 6.54 Å². The number of nitrogens with one attached hydrogen (secondary N) is 1. The lowest BCUT2D eigenvalue weighted by molar-refractivity contribution is 0.481. The average Bonchev–Trinajstić information content (AvgIpc) is 2.58. The topological polar surface area (TPSA) is 12.0 Å². The van der Waals surface area contributed by atoms with Crippen LogP contribution >= 0.6 is 11.3 Å². The highest BCUT2D eigenvalue weighted by Gasteiger charge is 2.14. The van der Waals surface area contributed by atoms with Gasteiger partial charge < -0.3 is 5.32 Å². The van der Waals surface area contributed by atoms with E-state index in [2.05, 4.69) is 29.3 Å². The van der Waals surface area contributed by atoms with Crippen molar-refractivity contribution in [3.63, 3.8) is 0 Å². The summed E-state index contributed by atoms with van der Waals surface area (Å²) in [6.45, 7) is 1.14. The first-order chi connectivity index (χ1) is 5.47. The van der Waals surface area contributed by atoms with E-state index in [1.54, 1.807) is 0 Å². The first kappa shape index (κ1) is 7.32. The highest BCUT2D eigenvalue weighted by Crippen LogP contribution is 2.25. The molecule has 59 valence electrons. The van der Waals surface area contributed by atoms with Gasteiger partial charge in [0.1, 0.15) is 0 Å². The van der Waals surface area contributed by atoms with Crippen LogP contribution in [0.5, 0.6) is 0 Å². The fraction of sp³-hybridized carbons (Fsp3) is 0.444. The first-order valence-electron chi connectivity index (χ1n) is 4.05. The average molecular weight is 166 g/mol. The van der Waals surface area contributed by atoms with Crippen LogP contribution in [-0.2, 0) is 0 Å². The highest BCUT2D eigenvalue weighted by molar-refractivity contribution is 7.10. The molecule has 0 spiro atoms. The van der Waals surface area contributed by atoms with Crippen LogP contribution < -0.4 is 5.32 Å². The fourth-order valence-corrected chi connectivity index (χ4v) is 2.25. The summed E-state index contributed by atoms with van der Waals surface area (Å²) in [5.41, 5.74) is 0. The van der Waals surface area contributed by atoms with Gasteiger partial charge in [-0.3, -0.25) is 0 Å². The Morgan fingerprint density at radius 1 is 1.55 bits per heavy atom. The smallest absolute Gasteiger partial charge is 0.0417 e. The molecule has 1 fully saturated rings. The zero-order chi connectivity index (χ0) is 7.52. The van der Waals surface area contributed by atoms with Crippen LogP contribution in [-0.4, -0.2) is 6.54 Å². The van der Waals surface area contributed by atoms with E-state index in [0.29, 0.717) is 6.04 Å². The van der Waals surface area contributed by atoms with E-state index in [0.717, 1.165) is 6.54 Å². The molecular formula is C9H12NS. The van der Waals surface area contributed by atoms with Gasteiger partial charge in [-0.1, -0.05) is 6.07 Å². The number of hydrogen-bond acceptors (Lipinski definition) is 2. The third kappa shape index (κ3) is 1.63. The number of rotatable bonds is 1. The Labute approximate surface area is 71.4 Å². The number of piperidine rings is 1. The van der Waals surface area contributed by atoms with E-state index in [1.807, 2.05) is 11.3 Å². The molecule has 1 aliphatic rings. The van der Waals surface area contributed by atoms with Crippen LogP contribution in [0.15, 0.2) is 17.5 Å². The molecule has 0 bridgehead atoms. The predicted octanol–water partition coefficient (Wildman–Crippen LogP) is 2.38. The van der Waals surface area contributed by atoms with E-state index in [4.69, 9.17) is 0 Å². The van der Waals surface area contributed by atoms with E-state index in [-0.39, 0.29) is 0 Å². The molecule has 0 aromatic carbocycles. The molecule has 1 nitrogen and oxygen atoms in total. The zero-order valence-corrected chi connectivity index (χ0v) is 7.23. The van der Waals surface area contributed by atoms with Gasteiger partial charge in [0.15, 0.2) is 0 Å². The minimum atomic E-state index is 0.601. The Balaban J connectivity index is 2.04. The van der Waals surface area contributed by atoms with Gasteiger partial charge in [-0.05, 0) is 37.3 Å². The van der Waals surface area contributed by atoms with Crippen molar-refractivity contribution >= 4 is 11.3 Å². The lowest BCUT2D eigenvalue weighted by Gasteiger charge is -2.21. The molecule has 1 atom stereocenters. The highest BCUT2D eigenvalue weighted by atomic mass is 32.1. The van der Waals surface area contributed by atoms with Gasteiger partial charge in [-0.15, -0.1) is 11.3 Å². The molecule has 1 N–H and O–H groups in total. The molecule has 0 amide bonds. The van der Waals surface area contributed by atoms with Gasteiger partial charge in [-0.2, -0.15) is 0 Å². The van der Waals surface area contributed by atoms with Crippen molar-refractivity contribution < 1.29 is 0 Å².